The van der Waals surface area contributed by atoms with Gasteiger partial charge in [0.25, 0.3) is 0 Å². The van der Waals surface area contributed by atoms with E-state index in [4.69, 9.17) is 11.5 Å². The summed E-state index contributed by atoms with van der Waals surface area (Å²) < 4.78 is 43.7. The molecule has 2 aromatic heterocycles. The highest BCUT2D eigenvalue weighted by atomic mass is 19.1. The van der Waals surface area contributed by atoms with Gasteiger partial charge in [-0.2, -0.15) is 0 Å². The number of fused-ring (bicyclic) bond motifs is 1. The number of imidazole rings is 1. The van der Waals surface area contributed by atoms with Crippen LogP contribution in [-0.2, 0) is 0 Å². The molecule has 29 heavy (non-hydrogen) atoms. The molecule has 0 fully saturated rings. The number of nitrogens with one attached hydrogen (secondary N) is 1. The number of nitrogen functional groups attached to an aromatic ring is 2. The van der Waals surface area contributed by atoms with Gasteiger partial charge in [0.15, 0.2) is 11.6 Å². The van der Waals surface area contributed by atoms with Crippen molar-refractivity contribution in [3.63, 3.8) is 0 Å². The van der Waals surface area contributed by atoms with E-state index in [0.717, 1.165) is 18.2 Å². The smallest absolute Gasteiger partial charge is 0.155 e. The Balaban J connectivity index is 1.90. The van der Waals surface area contributed by atoms with Crippen LogP contribution < -0.4 is 16.8 Å². The molecule has 1 atom stereocenters. The number of rotatable bonds is 4. The van der Waals surface area contributed by atoms with Crippen molar-refractivity contribution >= 4 is 28.4 Å². The zero-order valence-corrected chi connectivity index (χ0v) is 15.2. The van der Waals surface area contributed by atoms with Crippen molar-refractivity contribution in [1.82, 2.24) is 19.5 Å². The second kappa shape index (κ2) is 6.97. The van der Waals surface area contributed by atoms with E-state index in [1.54, 1.807) is 13.0 Å². The lowest BCUT2D eigenvalue weighted by Crippen LogP contribution is -2.16. The van der Waals surface area contributed by atoms with Crippen LogP contribution in [-0.4, -0.2) is 19.5 Å². The van der Waals surface area contributed by atoms with Crippen molar-refractivity contribution in [3.8, 4) is 5.69 Å². The molecule has 0 bridgehead atoms. The van der Waals surface area contributed by atoms with Gasteiger partial charge in [0, 0.05) is 6.07 Å². The molecule has 10 heteroatoms. The fraction of sp³-hybridized carbons (Fsp3) is 0.105. The van der Waals surface area contributed by atoms with Crippen molar-refractivity contribution in [2.75, 3.05) is 16.8 Å². The van der Waals surface area contributed by atoms with Crippen LogP contribution in [0, 0.1) is 17.5 Å². The maximum atomic E-state index is 14.6. The van der Waals surface area contributed by atoms with Gasteiger partial charge in [-0.3, -0.25) is 4.57 Å². The van der Waals surface area contributed by atoms with E-state index in [2.05, 4.69) is 20.3 Å². The number of benzene rings is 2. The molecule has 0 saturated heterocycles. The van der Waals surface area contributed by atoms with Crippen LogP contribution in [0.15, 0.2) is 42.7 Å². The van der Waals surface area contributed by atoms with Crippen LogP contribution in [0.2, 0.25) is 0 Å². The third-order valence-electron chi connectivity index (χ3n) is 4.41. The first kappa shape index (κ1) is 18.5. The maximum absolute atomic E-state index is 14.6. The Kier molecular flexibility index (Phi) is 4.45. The van der Waals surface area contributed by atoms with Gasteiger partial charge >= 0.3 is 0 Å². The lowest BCUT2D eigenvalue weighted by molar-refractivity contribution is 0.580. The molecule has 2 aromatic carbocycles. The molecule has 2 heterocycles. The summed E-state index contributed by atoms with van der Waals surface area (Å²) in [6.07, 6.45) is 1.24. The first-order chi connectivity index (χ1) is 13.8. The minimum Gasteiger partial charge on any atom is -0.393 e. The van der Waals surface area contributed by atoms with Gasteiger partial charge in [-0.1, -0.05) is 6.07 Å². The predicted molar refractivity (Wildman–Crippen MR) is 104 cm³/mol. The Morgan fingerprint density at radius 2 is 1.76 bits per heavy atom. The molecule has 0 aliphatic rings. The van der Waals surface area contributed by atoms with Crippen LogP contribution >= 0.6 is 0 Å². The fourth-order valence-electron chi connectivity index (χ4n) is 3.12. The Bertz CT molecular complexity index is 1200. The highest BCUT2D eigenvalue weighted by molar-refractivity contribution is 5.79. The molecule has 0 aliphatic carbocycles. The second-order valence-corrected chi connectivity index (χ2v) is 6.43. The molecule has 0 saturated carbocycles. The van der Waals surface area contributed by atoms with Gasteiger partial charge in [0.1, 0.15) is 40.8 Å². The van der Waals surface area contributed by atoms with Crippen molar-refractivity contribution in [2.45, 2.75) is 13.0 Å². The van der Waals surface area contributed by atoms with Crippen LogP contribution in [0.5, 0.6) is 0 Å². The van der Waals surface area contributed by atoms with E-state index < -0.39 is 23.5 Å². The minimum atomic E-state index is -0.794. The third kappa shape index (κ3) is 3.28. The standard InChI is InChI=1S/C19H16F3N7/c1-9(27-18-15(23)17(24)25-8-26-18)19-28-14-4-2-3-13(22)16(14)29(19)12-6-10(20)5-11(21)7-12/h2-9H,23H2,1H3,(H3,24,25,26,27)/t9-/m1/s1. The molecule has 0 aliphatic heterocycles. The lowest BCUT2D eigenvalue weighted by atomic mass is 10.2. The number of aromatic nitrogens is 4. The fourth-order valence-corrected chi connectivity index (χ4v) is 3.12. The SMILES string of the molecule is C[C@@H](Nc1ncnc(N)c1N)c1nc2cccc(F)c2n1-c1cc(F)cc(F)c1. The largest absolute Gasteiger partial charge is 0.393 e. The van der Waals surface area contributed by atoms with E-state index in [0.29, 0.717) is 11.3 Å². The van der Waals surface area contributed by atoms with E-state index in [-0.39, 0.29) is 28.5 Å². The van der Waals surface area contributed by atoms with E-state index in [9.17, 15) is 13.2 Å². The zero-order chi connectivity index (χ0) is 20.7. The summed E-state index contributed by atoms with van der Waals surface area (Å²) in [5.41, 5.74) is 12.3. The second-order valence-electron chi connectivity index (χ2n) is 6.43. The summed E-state index contributed by atoms with van der Waals surface area (Å²) in [5, 5.41) is 3.04. The highest BCUT2D eigenvalue weighted by Crippen LogP contribution is 2.30. The third-order valence-corrected chi connectivity index (χ3v) is 4.41. The zero-order valence-electron chi connectivity index (χ0n) is 15.2. The lowest BCUT2D eigenvalue weighted by Gasteiger charge is -2.18. The molecule has 0 amide bonds. The van der Waals surface area contributed by atoms with E-state index in [1.807, 2.05) is 0 Å². The van der Waals surface area contributed by atoms with Crippen molar-refractivity contribution in [1.29, 1.82) is 0 Å². The van der Waals surface area contributed by atoms with Crippen LogP contribution in [0.1, 0.15) is 18.8 Å². The number of hydrogen-bond donors (Lipinski definition) is 3. The molecule has 148 valence electrons. The van der Waals surface area contributed by atoms with Gasteiger partial charge in [-0.15, -0.1) is 0 Å². The average molecular weight is 399 g/mol. The van der Waals surface area contributed by atoms with Crippen LogP contribution in [0.4, 0.5) is 30.5 Å². The van der Waals surface area contributed by atoms with Gasteiger partial charge in [-0.05, 0) is 31.2 Å². The Morgan fingerprint density at radius 3 is 2.48 bits per heavy atom. The highest BCUT2D eigenvalue weighted by Gasteiger charge is 2.22. The summed E-state index contributed by atoms with van der Waals surface area (Å²) in [4.78, 5) is 12.3. The monoisotopic (exact) mass is 399 g/mol. The Hall–Kier alpha value is -3.82. The molecule has 5 N–H and O–H groups in total. The number of nitrogens with two attached hydrogens (primary N) is 2. The first-order valence-corrected chi connectivity index (χ1v) is 8.61. The van der Waals surface area contributed by atoms with Crippen LogP contribution in [0.25, 0.3) is 16.7 Å². The Morgan fingerprint density at radius 1 is 1.03 bits per heavy atom. The summed E-state index contributed by atoms with van der Waals surface area (Å²) in [6.45, 7) is 1.73. The van der Waals surface area contributed by atoms with Gasteiger partial charge < -0.3 is 16.8 Å². The van der Waals surface area contributed by atoms with Gasteiger partial charge in [0.05, 0.1) is 17.2 Å². The number of hydrogen-bond acceptors (Lipinski definition) is 6. The summed E-state index contributed by atoms with van der Waals surface area (Å²) >= 11 is 0. The maximum Gasteiger partial charge on any atom is 0.155 e. The summed E-state index contributed by atoms with van der Waals surface area (Å²) in [7, 11) is 0. The molecule has 4 aromatic rings. The number of anilines is 3. The average Bonchev–Trinajstić information content (AvgIpc) is 3.06. The van der Waals surface area contributed by atoms with Gasteiger partial charge in [0.2, 0.25) is 0 Å². The van der Waals surface area contributed by atoms with Crippen molar-refractivity contribution < 1.29 is 13.2 Å². The molecule has 0 unspecified atom stereocenters. The number of para-hydroxylation sites is 1. The predicted octanol–water partition coefficient (Wildman–Crippen LogP) is 3.57. The van der Waals surface area contributed by atoms with E-state index in [1.165, 1.54) is 23.0 Å². The molecule has 0 radical (unpaired) electrons. The topological polar surface area (TPSA) is 108 Å². The number of halogens is 3. The van der Waals surface area contributed by atoms with Crippen molar-refractivity contribution in [2.24, 2.45) is 0 Å². The molecule has 0 spiro atoms. The number of nitrogens with zero attached hydrogens (tertiary/aromatic N) is 4. The summed E-state index contributed by atoms with van der Waals surface area (Å²) in [5.74, 6) is -1.51. The van der Waals surface area contributed by atoms with Gasteiger partial charge in [-0.25, -0.2) is 28.1 Å². The van der Waals surface area contributed by atoms with E-state index >= 15 is 0 Å². The van der Waals surface area contributed by atoms with Crippen molar-refractivity contribution in [3.05, 3.63) is 66.0 Å². The normalized spacial score (nSPS) is 12.3. The summed E-state index contributed by atoms with van der Waals surface area (Å²) in [6, 6.07) is 6.73. The van der Waals surface area contributed by atoms with Crippen LogP contribution in [0.3, 0.4) is 0 Å². The molecular weight excluding hydrogens is 383 g/mol. The Labute approximate surface area is 163 Å². The molecule has 4 rings (SSSR count). The molecular formula is C19H16F3N7. The minimum absolute atomic E-state index is 0.0916. The first-order valence-electron chi connectivity index (χ1n) is 8.61. The molecule has 7 nitrogen and oxygen atoms in total. The quantitative estimate of drug-likeness (QED) is 0.484.